The summed E-state index contributed by atoms with van der Waals surface area (Å²) in [7, 11) is 0. The zero-order chi connectivity index (χ0) is 21.5. The maximum absolute atomic E-state index is 5.61. The van der Waals surface area contributed by atoms with Gasteiger partial charge < -0.3 is 9.47 Å². The molecule has 0 aliphatic rings. The SMILES string of the molecule is CCCCCCCCCCCCCCCCCCc1ccc(OCCOCCl)cc1. The molecule has 0 aromatic heterocycles. The Morgan fingerprint density at radius 1 is 0.600 bits per heavy atom. The molecule has 0 unspecified atom stereocenters. The molecule has 0 bridgehead atoms. The van der Waals surface area contributed by atoms with E-state index in [1.54, 1.807) is 0 Å². The molecule has 0 aliphatic carbocycles. The summed E-state index contributed by atoms with van der Waals surface area (Å²) < 4.78 is 10.7. The van der Waals surface area contributed by atoms with Crippen molar-refractivity contribution in [3.8, 4) is 5.75 Å². The van der Waals surface area contributed by atoms with Gasteiger partial charge in [-0.3, -0.25) is 0 Å². The topological polar surface area (TPSA) is 18.5 Å². The first kappa shape index (κ1) is 27.3. The molecule has 0 saturated heterocycles. The highest BCUT2D eigenvalue weighted by Gasteiger charge is 1.98. The molecular weight excluding hydrogens is 392 g/mol. The van der Waals surface area contributed by atoms with Crippen LogP contribution in [0, 0.1) is 0 Å². The number of halogens is 1. The van der Waals surface area contributed by atoms with E-state index in [2.05, 4.69) is 31.2 Å². The number of alkyl halides is 1. The lowest BCUT2D eigenvalue weighted by molar-refractivity contribution is 0.133. The Hall–Kier alpha value is -0.730. The first-order chi connectivity index (χ1) is 14.9. The number of aryl methyl sites for hydroxylation is 1. The Balaban J connectivity index is 1.83. The molecule has 0 N–H and O–H groups in total. The van der Waals surface area contributed by atoms with E-state index in [0.717, 1.165) is 5.75 Å². The van der Waals surface area contributed by atoms with Crippen molar-refractivity contribution in [2.75, 3.05) is 19.3 Å². The molecule has 0 spiro atoms. The molecule has 0 amide bonds. The monoisotopic (exact) mass is 438 g/mol. The molecule has 1 rings (SSSR count). The van der Waals surface area contributed by atoms with E-state index in [1.165, 1.54) is 115 Å². The third kappa shape index (κ3) is 17.0. The molecular formula is C27H47ClO2. The van der Waals surface area contributed by atoms with Crippen LogP contribution in [0.2, 0.25) is 0 Å². The lowest BCUT2D eigenvalue weighted by Crippen LogP contribution is -2.05. The Bertz CT molecular complexity index is 460. The normalized spacial score (nSPS) is 11.1. The highest BCUT2D eigenvalue weighted by Crippen LogP contribution is 2.16. The van der Waals surface area contributed by atoms with Crippen molar-refractivity contribution in [2.24, 2.45) is 0 Å². The summed E-state index contributed by atoms with van der Waals surface area (Å²) in [6.45, 7) is 3.37. The average Bonchev–Trinajstić information content (AvgIpc) is 2.77. The van der Waals surface area contributed by atoms with Gasteiger partial charge in [-0.15, -0.1) is 0 Å². The highest BCUT2D eigenvalue weighted by molar-refractivity contribution is 6.17. The van der Waals surface area contributed by atoms with Crippen LogP contribution in [0.15, 0.2) is 24.3 Å². The van der Waals surface area contributed by atoms with E-state index < -0.39 is 0 Å². The van der Waals surface area contributed by atoms with Crippen molar-refractivity contribution >= 4 is 11.6 Å². The van der Waals surface area contributed by atoms with Crippen LogP contribution in [-0.4, -0.2) is 19.3 Å². The van der Waals surface area contributed by atoms with E-state index in [0.29, 0.717) is 13.2 Å². The number of hydrogen-bond donors (Lipinski definition) is 0. The Morgan fingerprint density at radius 3 is 1.53 bits per heavy atom. The van der Waals surface area contributed by atoms with Gasteiger partial charge in [0.2, 0.25) is 0 Å². The number of rotatable bonds is 22. The summed E-state index contributed by atoms with van der Waals surface area (Å²) >= 11 is 5.47. The Labute approximate surface area is 192 Å². The van der Waals surface area contributed by atoms with Crippen LogP contribution < -0.4 is 4.74 Å². The van der Waals surface area contributed by atoms with Gasteiger partial charge >= 0.3 is 0 Å². The molecule has 30 heavy (non-hydrogen) atoms. The van der Waals surface area contributed by atoms with E-state index >= 15 is 0 Å². The molecule has 0 saturated carbocycles. The van der Waals surface area contributed by atoms with Crippen LogP contribution in [0.5, 0.6) is 5.75 Å². The van der Waals surface area contributed by atoms with Crippen molar-refractivity contribution < 1.29 is 9.47 Å². The molecule has 1 aromatic carbocycles. The van der Waals surface area contributed by atoms with Gasteiger partial charge in [-0.25, -0.2) is 0 Å². The van der Waals surface area contributed by atoms with Crippen molar-refractivity contribution in [1.29, 1.82) is 0 Å². The van der Waals surface area contributed by atoms with Crippen LogP contribution >= 0.6 is 11.6 Å². The minimum absolute atomic E-state index is 0.224. The molecule has 0 heterocycles. The summed E-state index contributed by atoms with van der Waals surface area (Å²) in [6.07, 6.45) is 23.9. The van der Waals surface area contributed by atoms with Gasteiger partial charge in [0.15, 0.2) is 0 Å². The summed E-state index contributed by atoms with van der Waals surface area (Å²) in [5.74, 6) is 0.906. The molecule has 0 atom stereocenters. The summed E-state index contributed by atoms with van der Waals surface area (Å²) in [4.78, 5) is 0. The van der Waals surface area contributed by atoms with E-state index in [1.807, 2.05) is 0 Å². The molecule has 2 nitrogen and oxygen atoms in total. The fourth-order valence-corrected chi connectivity index (χ4v) is 4.01. The Kier molecular flexibility index (Phi) is 19.6. The molecule has 174 valence electrons. The molecule has 0 fully saturated rings. The minimum atomic E-state index is 0.224. The van der Waals surface area contributed by atoms with Crippen molar-refractivity contribution in [3.05, 3.63) is 29.8 Å². The average molecular weight is 439 g/mol. The molecule has 1 aromatic rings. The van der Waals surface area contributed by atoms with Gasteiger partial charge in [-0.1, -0.05) is 127 Å². The van der Waals surface area contributed by atoms with Gasteiger partial charge in [0, 0.05) is 0 Å². The standard InChI is InChI=1S/C27H47ClO2/c1-2-3-4-5-6-7-8-9-10-11-12-13-14-15-16-17-18-26-19-21-27(22-20-26)30-24-23-29-25-28/h19-22H,2-18,23-25H2,1H3. The van der Waals surface area contributed by atoms with E-state index in [9.17, 15) is 0 Å². The maximum Gasteiger partial charge on any atom is 0.121 e. The zero-order valence-corrected chi connectivity index (χ0v) is 20.4. The third-order valence-electron chi connectivity index (χ3n) is 5.82. The van der Waals surface area contributed by atoms with E-state index in [-0.39, 0.29) is 6.07 Å². The largest absolute Gasteiger partial charge is 0.491 e. The quantitative estimate of drug-likeness (QED) is 0.133. The number of benzene rings is 1. The van der Waals surface area contributed by atoms with Crippen LogP contribution in [-0.2, 0) is 11.2 Å². The van der Waals surface area contributed by atoms with Gasteiger partial charge in [-0.05, 0) is 30.5 Å². The molecule has 0 aliphatic heterocycles. The zero-order valence-electron chi connectivity index (χ0n) is 19.6. The maximum atomic E-state index is 5.61. The van der Waals surface area contributed by atoms with Gasteiger partial charge in [-0.2, -0.15) is 0 Å². The highest BCUT2D eigenvalue weighted by atomic mass is 35.5. The predicted molar refractivity (Wildman–Crippen MR) is 132 cm³/mol. The first-order valence-electron chi connectivity index (χ1n) is 12.7. The fourth-order valence-electron chi connectivity index (χ4n) is 3.90. The first-order valence-corrected chi connectivity index (χ1v) is 13.3. The van der Waals surface area contributed by atoms with Crippen LogP contribution in [0.25, 0.3) is 0 Å². The Morgan fingerprint density at radius 2 is 1.07 bits per heavy atom. The van der Waals surface area contributed by atoms with Gasteiger partial charge in [0.1, 0.15) is 18.4 Å². The lowest BCUT2D eigenvalue weighted by Gasteiger charge is -2.07. The second-order valence-electron chi connectivity index (χ2n) is 8.56. The van der Waals surface area contributed by atoms with Crippen molar-refractivity contribution in [3.63, 3.8) is 0 Å². The van der Waals surface area contributed by atoms with Crippen molar-refractivity contribution in [2.45, 2.75) is 116 Å². The number of ether oxygens (including phenoxy) is 2. The van der Waals surface area contributed by atoms with Crippen LogP contribution in [0.1, 0.15) is 115 Å². The summed E-state index contributed by atoms with van der Waals surface area (Å²) in [6, 6.07) is 8.71. The lowest BCUT2D eigenvalue weighted by atomic mass is 10.0. The second-order valence-corrected chi connectivity index (χ2v) is 8.78. The number of unbranched alkanes of at least 4 members (excludes halogenated alkanes) is 15. The fraction of sp³-hybridized carbons (Fsp3) is 0.778. The summed E-state index contributed by atoms with van der Waals surface area (Å²) in [5, 5.41) is 0. The number of hydrogen-bond acceptors (Lipinski definition) is 2. The predicted octanol–water partition coefficient (Wildman–Crippen LogP) is 9.08. The second kappa shape index (κ2) is 21.5. The third-order valence-corrected chi connectivity index (χ3v) is 5.97. The van der Waals surface area contributed by atoms with Gasteiger partial charge in [0.05, 0.1) is 6.61 Å². The minimum Gasteiger partial charge on any atom is -0.491 e. The van der Waals surface area contributed by atoms with Crippen molar-refractivity contribution in [1.82, 2.24) is 0 Å². The van der Waals surface area contributed by atoms with Crippen LogP contribution in [0.3, 0.4) is 0 Å². The molecule has 0 radical (unpaired) electrons. The van der Waals surface area contributed by atoms with E-state index in [4.69, 9.17) is 21.1 Å². The van der Waals surface area contributed by atoms with Gasteiger partial charge in [0.25, 0.3) is 0 Å². The summed E-state index contributed by atoms with van der Waals surface area (Å²) in [5.41, 5.74) is 1.41. The smallest absolute Gasteiger partial charge is 0.121 e. The molecule has 3 heteroatoms. The van der Waals surface area contributed by atoms with Crippen LogP contribution in [0.4, 0.5) is 0 Å².